The number of nitrogens with one attached hydrogen (secondary N) is 2. The maximum absolute atomic E-state index is 13.0. The van der Waals surface area contributed by atoms with Crippen LogP contribution in [0.25, 0.3) is 11.0 Å². The number of fused-ring (bicyclic) bond motifs is 1. The Morgan fingerprint density at radius 3 is 2.69 bits per heavy atom. The van der Waals surface area contributed by atoms with Crippen LogP contribution in [0.15, 0.2) is 58.2 Å². The van der Waals surface area contributed by atoms with E-state index in [2.05, 4.69) is 20.3 Å². The second-order valence-electron chi connectivity index (χ2n) is 7.33. The van der Waals surface area contributed by atoms with Gasteiger partial charge in [0.2, 0.25) is 0 Å². The number of rotatable bonds is 9. The van der Waals surface area contributed by atoms with E-state index in [1.165, 1.54) is 20.3 Å². The fourth-order valence-electron chi connectivity index (χ4n) is 3.44. The van der Waals surface area contributed by atoms with Gasteiger partial charge in [0.15, 0.2) is 11.4 Å². The number of hydrogen-bond acceptors (Lipinski definition) is 8. The third kappa shape index (κ3) is 5.04. The molecule has 2 aromatic carbocycles. The number of benzene rings is 2. The van der Waals surface area contributed by atoms with Gasteiger partial charge in [-0.3, -0.25) is 14.2 Å². The minimum absolute atomic E-state index is 0.0139. The molecule has 2 N–H and O–H groups in total. The van der Waals surface area contributed by atoms with Gasteiger partial charge in [0.05, 0.1) is 27.0 Å². The van der Waals surface area contributed by atoms with Crippen molar-refractivity contribution in [3.63, 3.8) is 0 Å². The first-order valence-electron chi connectivity index (χ1n) is 10.2. The summed E-state index contributed by atoms with van der Waals surface area (Å²) >= 11 is 0. The van der Waals surface area contributed by atoms with Crippen LogP contribution in [0.4, 0.5) is 5.82 Å². The number of ether oxygens (including phenoxy) is 2. The van der Waals surface area contributed by atoms with Crippen molar-refractivity contribution in [3.05, 3.63) is 59.9 Å². The van der Waals surface area contributed by atoms with Crippen molar-refractivity contribution in [2.75, 3.05) is 18.9 Å². The normalized spacial score (nSPS) is 11.1. The van der Waals surface area contributed by atoms with Crippen LogP contribution in [0.3, 0.4) is 0 Å². The van der Waals surface area contributed by atoms with Crippen LogP contribution in [0.1, 0.15) is 11.1 Å². The van der Waals surface area contributed by atoms with Crippen molar-refractivity contribution in [3.8, 4) is 23.8 Å². The molecule has 2 aromatic heterocycles. The Kier molecular flexibility index (Phi) is 6.61. The van der Waals surface area contributed by atoms with E-state index in [9.17, 15) is 13.2 Å². The molecule has 0 atom stereocenters. The average Bonchev–Trinajstić information content (AvgIpc) is 3.48. The molecule has 0 aliphatic rings. The Balaban J connectivity index is 1.60. The lowest BCUT2D eigenvalue weighted by Gasteiger charge is -2.11. The summed E-state index contributed by atoms with van der Waals surface area (Å²) in [4.78, 5) is 11.2. The molecule has 0 aliphatic heterocycles. The van der Waals surface area contributed by atoms with Gasteiger partial charge in [-0.2, -0.15) is 5.10 Å². The van der Waals surface area contributed by atoms with Crippen molar-refractivity contribution >= 4 is 32.7 Å². The fraction of sp³-hybridized carbons (Fsp3) is 0.174. The number of nitrogens with zero attached hydrogens (tertiary/aromatic N) is 3. The number of carbonyl (C=O) groups is 1. The van der Waals surface area contributed by atoms with Crippen molar-refractivity contribution in [1.82, 2.24) is 20.3 Å². The van der Waals surface area contributed by atoms with Crippen LogP contribution < -0.4 is 19.5 Å². The van der Waals surface area contributed by atoms with Crippen LogP contribution in [0.2, 0.25) is 0 Å². The molecular weight excluding hydrogens is 474 g/mol. The molecule has 4 rings (SSSR count). The van der Waals surface area contributed by atoms with Crippen LogP contribution in [-0.4, -0.2) is 43.5 Å². The highest BCUT2D eigenvalue weighted by molar-refractivity contribution is 7.92. The molecule has 12 heteroatoms. The van der Waals surface area contributed by atoms with E-state index >= 15 is 0 Å². The Labute approximate surface area is 201 Å². The van der Waals surface area contributed by atoms with Gasteiger partial charge in [-0.25, -0.2) is 8.42 Å². The van der Waals surface area contributed by atoms with Crippen LogP contribution in [-0.2, 0) is 27.9 Å². The molecule has 0 aliphatic carbocycles. The summed E-state index contributed by atoms with van der Waals surface area (Å²) < 4.78 is 46.2. The molecule has 0 radical (unpaired) electrons. The summed E-state index contributed by atoms with van der Waals surface area (Å²) in [5.41, 5.74) is 1.87. The molecule has 0 fully saturated rings. The highest BCUT2D eigenvalue weighted by Gasteiger charge is 2.24. The number of amides is 1. The Hall–Kier alpha value is -4.50. The largest absolute Gasteiger partial charge is 0.496 e. The summed E-state index contributed by atoms with van der Waals surface area (Å²) in [5.74, 6) is 2.03. The molecule has 4 aromatic rings. The van der Waals surface area contributed by atoms with Gasteiger partial charge in [0.25, 0.3) is 15.9 Å². The second kappa shape index (κ2) is 9.78. The number of hydrogen-bond donors (Lipinski definition) is 2. The Morgan fingerprint density at radius 2 is 1.94 bits per heavy atom. The first-order valence-corrected chi connectivity index (χ1v) is 11.7. The van der Waals surface area contributed by atoms with E-state index in [1.807, 2.05) is 5.92 Å². The van der Waals surface area contributed by atoms with Gasteiger partial charge in [-0.15, -0.1) is 6.42 Å². The second-order valence-corrected chi connectivity index (χ2v) is 8.98. The van der Waals surface area contributed by atoms with Crippen molar-refractivity contribution in [2.45, 2.75) is 18.0 Å². The maximum atomic E-state index is 13.0. The number of terminal acetylenes is 1. The summed E-state index contributed by atoms with van der Waals surface area (Å²) in [6, 6.07) is 9.69. The first-order chi connectivity index (χ1) is 16.8. The molecule has 0 saturated carbocycles. The van der Waals surface area contributed by atoms with E-state index in [0.29, 0.717) is 23.3 Å². The molecule has 1 amide bonds. The van der Waals surface area contributed by atoms with Crippen LogP contribution in [0.5, 0.6) is 11.5 Å². The molecule has 0 unspecified atom stereocenters. The van der Waals surface area contributed by atoms with E-state index in [0.717, 1.165) is 11.1 Å². The zero-order valence-corrected chi connectivity index (χ0v) is 19.6. The van der Waals surface area contributed by atoms with E-state index in [4.69, 9.17) is 20.4 Å². The molecule has 0 bridgehead atoms. The Bertz CT molecular complexity index is 1530. The number of para-hydroxylation sites is 1. The van der Waals surface area contributed by atoms with Crippen molar-refractivity contribution in [2.24, 2.45) is 0 Å². The third-order valence-corrected chi connectivity index (χ3v) is 6.40. The molecule has 2 heterocycles. The quantitative estimate of drug-likeness (QED) is 0.337. The van der Waals surface area contributed by atoms with Crippen molar-refractivity contribution < 1.29 is 27.2 Å². The number of aromatic nitrogens is 3. The molecule has 0 saturated heterocycles. The molecular formula is C23H21N5O6S. The minimum Gasteiger partial charge on any atom is -0.496 e. The number of carbonyl (C=O) groups excluding carboxylic acids is 1. The van der Waals surface area contributed by atoms with Gasteiger partial charge in [-0.05, 0) is 35.7 Å². The summed E-state index contributed by atoms with van der Waals surface area (Å²) in [5, 5.41) is 11.1. The fourth-order valence-corrected chi connectivity index (χ4v) is 4.62. The summed E-state index contributed by atoms with van der Waals surface area (Å²) in [6.07, 6.45) is 8.42. The average molecular weight is 496 g/mol. The SMILES string of the molecule is C#CC(=O)NCc1cnn(Cc2cc(OC)c3c(NS(=O)(=O)c4ccccc4OC)noc3c2)c1. The number of sulfonamides is 1. The maximum Gasteiger partial charge on any atom is 0.295 e. The van der Waals surface area contributed by atoms with Gasteiger partial charge < -0.3 is 19.3 Å². The molecule has 0 spiro atoms. The zero-order valence-electron chi connectivity index (χ0n) is 18.8. The van der Waals surface area contributed by atoms with Crippen LogP contribution >= 0.6 is 0 Å². The van der Waals surface area contributed by atoms with Gasteiger partial charge in [0.1, 0.15) is 21.8 Å². The minimum atomic E-state index is -4.02. The predicted molar refractivity (Wildman–Crippen MR) is 126 cm³/mol. The van der Waals surface area contributed by atoms with Crippen LogP contribution in [0, 0.1) is 12.3 Å². The highest BCUT2D eigenvalue weighted by atomic mass is 32.2. The lowest BCUT2D eigenvalue weighted by Crippen LogP contribution is -2.20. The van der Waals surface area contributed by atoms with Gasteiger partial charge in [-0.1, -0.05) is 17.3 Å². The lowest BCUT2D eigenvalue weighted by atomic mass is 10.1. The summed E-state index contributed by atoms with van der Waals surface area (Å²) in [7, 11) is -1.17. The monoisotopic (exact) mass is 495 g/mol. The van der Waals surface area contributed by atoms with E-state index < -0.39 is 15.9 Å². The van der Waals surface area contributed by atoms with E-state index in [1.54, 1.807) is 47.4 Å². The molecule has 180 valence electrons. The zero-order chi connectivity index (χ0) is 25.0. The number of methoxy groups -OCH3 is 2. The molecule has 35 heavy (non-hydrogen) atoms. The van der Waals surface area contributed by atoms with Gasteiger partial charge >= 0.3 is 0 Å². The van der Waals surface area contributed by atoms with E-state index in [-0.39, 0.29) is 23.0 Å². The lowest BCUT2D eigenvalue weighted by molar-refractivity contribution is -0.115. The smallest absolute Gasteiger partial charge is 0.295 e. The third-order valence-electron chi connectivity index (χ3n) is 5.02. The highest BCUT2D eigenvalue weighted by Crippen LogP contribution is 2.35. The topological polar surface area (TPSA) is 138 Å². The standard InChI is InChI=1S/C23H21N5O6S/c1-4-21(29)24-11-16-12-25-28(14-16)13-15-9-18(33-3)22-19(10-15)34-26-23(22)27-35(30,31)20-8-6-5-7-17(20)32-2/h1,5-10,12,14H,11,13H2,2-3H3,(H,24,29)(H,26,27). The Morgan fingerprint density at radius 1 is 1.17 bits per heavy atom. The first kappa shape index (κ1) is 23.7. The van der Waals surface area contributed by atoms with Gasteiger partial charge in [0, 0.05) is 18.3 Å². The van der Waals surface area contributed by atoms with Crippen molar-refractivity contribution in [1.29, 1.82) is 0 Å². The molecule has 11 nitrogen and oxygen atoms in total. The summed E-state index contributed by atoms with van der Waals surface area (Å²) in [6.45, 7) is 0.613. The predicted octanol–water partition coefficient (Wildman–Crippen LogP) is 2.14. The number of anilines is 1.